The Bertz CT molecular complexity index is 390. The summed E-state index contributed by atoms with van der Waals surface area (Å²) in [5.74, 6) is -0.335. The van der Waals surface area contributed by atoms with Crippen LogP contribution in [0.3, 0.4) is 0 Å². The van der Waals surface area contributed by atoms with Gasteiger partial charge in [0.25, 0.3) is 0 Å². The first kappa shape index (κ1) is 13.5. The van der Waals surface area contributed by atoms with Crippen LogP contribution in [0.15, 0.2) is 18.2 Å². The molecule has 17 heavy (non-hydrogen) atoms. The van der Waals surface area contributed by atoms with Gasteiger partial charge >= 0.3 is 5.97 Å². The average molecular weight is 237 g/mol. The third-order valence-electron chi connectivity index (χ3n) is 2.52. The molecular weight excluding hydrogens is 218 g/mol. The molecule has 0 fully saturated rings. The molecule has 4 heteroatoms. The molecular formula is C13H19NO3. The molecule has 94 valence electrons. The minimum Gasteiger partial charge on any atom is -0.459 e. The van der Waals surface area contributed by atoms with Crippen molar-refractivity contribution in [3.8, 4) is 0 Å². The number of hydrogen-bond acceptors (Lipinski definition) is 4. The standard InChI is InChI=1S/C13H19NO3/c1-9-4-5-11(14)8-12(9)13(15)17-10(2)6-7-16-3/h4-5,8,10H,6-7,14H2,1-3H3. The maximum atomic E-state index is 11.9. The van der Waals surface area contributed by atoms with Crippen LogP contribution >= 0.6 is 0 Å². The van der Waals surface area contributed by atoms with Gasteiger partial charge in [-0.05, 0) is 31.5 Å². The van der Waals surface area contributed by atoms with E-state index in [0.717, 1.165) is 5.56 Å². The smallest absolute Gasteiger partial charge is 0.338 e. The second kappa shape index (κ2) is 6.25. The largest absolute Gasteiger partial charge is 0.459 e. The van der Waals surface area contributed by atoms with E-state index in [2.05, 4.69) is 0 Å². The zero-order valence-electron chi connectivity index (χ0n) is 10.5. The molecule has 1 aromatic carbocycles. The van der Waals surface area contributed by atoms with Crippen LogP contribution in [0, 0.1) is 6.92 Å². The highest BCUT2D eigenvalue weighted by Crippen LogP contribution is 2.15. The fraction of sp³-hybridized carbons (Fsp3) is 0.462. The summed E-state index contributed by atoms with van der Waals surface area (Å²) in [6.45, 7) is 4.28. The Kier molecular flexibility index (Phi) is 4.97. The lowest BCUT2D eigenvalue weighted by molar-refractivity contribution is 0.0266. The number of rotatable bonds is 5. The van der Waals surface area contributed by atoms with Crippen LogP contribution in [0.2, 0.25) is 0 Å². The van der Waals surface area contributed by atoms with Gasteiger partial charge in [-0.1, -0.05) is 6.07 Å². The minimum atomic E-state index is -0.335. The van der Waals surface area contributed by atoms with Crippen molar-refractivity contribution in [2.24, 2.45) is 0 Å². The number of aryl methyl sites for hydroxylation is 1. The number of benzene rings is 1. The Balaban J connectivity index is 2.66. The van der Waals surface area contributed by atoms with E-state index in [1.165, 1.54) is 0 Å². The lowest BCUT2D eigenvalue weighted by atomic mass is 10.1. The SMILES string of the molecule is COCCC(C)OC(=O)c1cc(N)ccc1C. The maximum absolute atomic E-state index is 11.9. The quantitative estimate of drug-likeness (QED) is 0.629. The highest BCUT2D eigenvalue weighted by atomic mass is 16.5. The van der Waals surface area contributed by atoms with E-state index in [9.17, 15) is 4.79 Å². The molecule has 1 aromatic rings. The second-order valence-corrected chi connectivity index (χ2v) is 4.07. The minimum absolute atomic E-state index is 0.164. The average Bonchev–Trinajstić information content (AvgIpc) is 2.29. The summed E-state index contributed by atoms with van der Waals surface area (Å²) in [6.07, 6.45) is 0.521. The fourth-order valence-corrected chi connectivity index (χ4v) is 1.45. The van der Waals surface area contributed by atoms with E-state index in [1.54, 1.807) is 19.2 Å². The van der Waals surface area contributed by atoms with E-state index in [1.807, 2.05) is 19.9 Å². The van der Waals surface area contributed by atoms with Crippen LogP contribution in [0.5, 0.6) is 0 Å². The number of ether oxygens (including phenoxy) is 2. The molecule has 0 radical (unpaired) electrons. The Morgan fingerprint density at radius 3 is 2.82 bits per heavy atom. The molecule has 0 aromatic heterocycles. The normalized spacial score (nSPS) is 12.2. The number of anilines is 1. The van der Waals surface area contributed by atoms with E-state index in [-0.39, 0.29) is 12.1 Å². The van der Waals surface area contributed by atoms with Gasteiger partial charge in [-0.25, -0.2) is 4.79 Å². The molecule has 0 saturated heterocycles. The lowest BCUT2D eigenvalue weighted by Gasteiger charge is -2.14. The molecule has 0 spiro atoms. The lowest BCUT2D eigenvalue weighted by Crippen LogP contribution is -2.17. The van der Waals surface area contributed by atoms with Gasteiger partial charge in [-0.2, -0.15) is 0 Å². The summed E-state index contributed by atoms with van der Waals surface area (Å²) in [7, 11) is 1.62. The number of nitrogen functional groups attached to an aromatic ring is 1. The van der Waals surface area contributed by atoms with E-state index in [0.29, 0.717) is 24.3 Å². The van der Waals surface area contributed by atoms with Crippen molar-refractivity contribution in [3.05, 3.63) is 29.3 Å². The predicted molar refractivity (Wildman–Crippen MR) is 67.0 cm³/mol. The van der Waals surface area contributed by atoms with Crippen molar-refractivity contribution < 1.29 is 14.3 Å². The Labute approximate surface area is 102 Å². The van der Waals surface area contributed by atoms with E-state index in [4.69, 9.17) is 15.2 Å². The van der Waals surface area contributed by atoms with E-state index >= 15 is 0 Å². The predicted octanol–water partition coefficient (Wildman–Crippen LogP) is 2.16. The Morgan fingerprint density at radius 1 is 1.47 bits per heavy atom. The van der Waals surface area contributed by atoms with Crippen molar-refractivity contribution >= 4 is 11.7 Å². The van der Waals surface area contributed by atoms with Gasteiger partial charge in [0.15, 0.2) is 0 Å². The summed E-state index contributed by atoms with van der Waals surface area (Å²) in [5.41, 5.74) is 7.60. The van der Waals surface area contributed by atoms with Crippen LogP contribution in [-0.2, 0) is 9.47 Å². The van der Waals surface area contributed by atoms with E-state index < -0.39 is 0 Å². The number of methoxy groups -OCH3 is 1. The Hall–Kier alpha value is -1.55. The van der Waals surface area contributed by atoms with Gasteiger partial charge in [0.05, 0.1) is 5.56 Å². The Morgan fingerprint density at radius 2 is 2.18 bits per heavy atom. The summed E-state index contributed by atoms with van der Waals surface area (Å²) < 4.78 is 10.2. The van der Waals surface area contributed by atoms with Crippen molar-refractivity contribution in [1.29, 1.82) is 0 Å². The molecule has 0 aliphatic carbocycles. The van der Waals surface area contributed by atoms with Gasteiger partial charge in [0.2, 0.25) is 0 Å². The number of esters is 1. The van der Waals surface area contributed by atoms with Crippen molar-refractivity contribution in [3.63, 3.8) is 0 Å². The first-order valence-corrected chi connectivity index (χ1v) is 5.60. The van der Waals surface area contributed by atoms with Gasteiger partial charge in [0, 0.05) is 25.8 Å². The third-order valence-corrected chi connectivity index (χ3v) is 2.52. The van der Waals surface area contributed by atoms with Crippen LogP contribution in [0.1, 0.15) is 29.3 Å². The molecule has 0 heterocycles. The summed E-state index contributed by atoms with van der Waals surface area (Å²) >= 11 is 0. The molecule has 0 amide bonds. The first-order valence-electron chi connectivity index (χ1n) is 5.60. The maximum Gasteiger partial charge on any atom is 0.338 e. The monoisotopic (exact) mass is 237 g/mol. The van der Waals surface area contributed by atoms with Crippen molar-refractivity contribution in [1.82, 2.24) is 0 Å². The molecule has 0 aliphatic heterocycles. The molecule has 1 rings (SSSR count). The third kappa shape index (κ3) is 4.07. The molecule has 2 N–H and O–H groups in total. The first-order chi connectivity index (χ1) is 8.04. The van der Waals surface area contributed by atoms with Gasteiger partial charge in [-0.3, -0.25) is 0 Å². The van der Waals surface area contributed by atoms with Crippen LogP contribution in [-0.4, -0.2) is 25.8 Å². The number of nitrogens with two attached hydrogens (primary N) is 1. The fourth-order valence-electron chi connectivity index (χ4n) is 1.45. The molecule has 0 saturated carbocycles. The van der Waals surface area contributed by atoms with Gasteiger partial charge in [0.1, 0.15) is 6.10 Å². The molecule has 0 bridgehead atoms. The number of carbonyl (C=O) groups is 1. The van der Waals surface area contributed by atoms with Crippen LogP contribution < -0.4 is 5.73 Å². The molecule has 1 atom stereocenters. The zero-order valence-corrected chi connectivity index (χ0v) is 10.5. The summed E-state index contributed by atoms with van der Waals surface area (Å²) in [4.78, 5) is 11.9. The van der Waals surface area contributed by atoms with Gasteiger partial charge < -0.3 is 15.2 Å². The highest BCUT2D eigenvalue weighted by Gasteiger charge is 2.14. The van der Waals surface area contributed by atoms with Crippen LogP contribution in [0.25, 0.3) is 0 Å². The summed E-state index contributed by atoms with van der Waals surface area (Å²) in [5, 5.41) is 0. The van der Waals surface area contributed by atoms with Crippen LogP contribution in [0.4, 0.5) is 5.69 Å². The van der Waals surface area contributed by atoms with Crippen molar-refractivity contribution in [2.75, 3.05) is 19.5 Å². The number of carbonyl (C=O) groups excluding carboxylic acids is 1. The topological polar surface area (TPSA) is 61.5 Å². The van der Waals surface area contributed by atoms with Gasteiger partial charge in [-0.15, -0.1) is 0 Å². The van der Waals surface area contributed by atoms with Crippen molar-refractivity contribution in [2.45, 2.75) is 26.4 Å². The molecule has 4 nitrogen and oxygen atoms in total. The molecule has 1 unspecified atom stereocenters. The highest BCUT2D eigenvalue weighted by molar-refractivity contribution is 5.92. The number of hydrogen-bond donors (Lipinski definition) is 1. The molecule has 0 aliphatic rings. The second-order valence-electron chi connectivity index (χ2n) is 4.07. The summed E-state index contributed by atoms with van der Waals surface area (Å²) in [6, 6.07) is 5.22. The zero-order chi connectivity index (χ0) is 12.8.